The lowest BCUT2D eigenvalue weighted by atomic mass is 9.43. The van der Waals surface area contributed by atoms with E-state index in [9.17, 15) is 24.5 Å². The van der Waals surface area contributed by atoms with Crippen LogP contribution in [0, 0.1) is 33.3 Å². The minimum atomic E-state index is -0.928. The van der Waals surface area contributed by atoms with Crippen LogP contribution in [0.15, 0.2) is 4.99 Å². The molecule has 7 atom stereocenters. The molecular formula is C28H48BN7O7. The summed E-state index contributed by atoms with van der Waals surface area (Å²) < 4.78 is 13.2. The number of amides is 3. The molecule has 5 fully saturated rings. The number of nitro groups is 1. The van der Waals surface area contributed by atoms with Crippen LogP contribution in [0.4, 0.5) is 0 Å². The Balaban J connectivity index is 1.47. The molecule has 0 radical (unpaired) electrons. The van der Waals surface area contributed by atoms with E-state index in [0.717, 1.165) is 12.8 Å². The van der Waals surface area contributed by atoms with Crippen molar-refractivity contribution in [3.63, 3.8) is 0 Å². The molecule has 14 nitrogen and oxygen atoms in total. The first-order valence-corrected chi connectivity index (χ1v) is 15.6. The number of carbonyl (C=O) groups is 3. The number of hydrogen-bond acceptors (Lipinski definition) is 8. The molecular weight excluding hydrogens is 557 g/mol. The van der Waals surface area contributed by atoms with Crippen molar-refractivity contribution in [2.75, 3.05) is 13.1 Å². The highest BCUT2D eigenvalue weighted by atomic mass is 16.7. The van der Waals surface area contributed by atoms with Gasteiger partial charge >= 0.3 is 7.12 Å². The van der Waals surface area contributed by atoms with E-state index in [0.29, 0.717) is 44.1 Å². The number of aliphatic imine (C=N–C) groups is 1. The summed E-state index contributed by atoms with van der Waals surface area (Å²) in [5.74, 6) is -0.536. The van der Waals surface area contributed by atoms with E-state index in [1.54, 1.807) is 5.43 Å². The van der Waals surface area contributed by atoms with Crippen molar-refractivity contribution in [1.82, 2.24) is 21.0 Å². The maximum Gasteiger partial charge on any atom is 0.481 e. The van der Waals surface area contributed by atoms with Crippen LogP contribution in [-0.2, 0) is 23.7 Å². The second kappa shape index (κ2) is 13.0. The lowest BCUT2D eigenvalue weighted by molar-refractivity contribution is -0.525. The van der Waals surface area contributed by atoms with Crippen molar-refractivity contribution in [2.24, 2.45) is 33.9 Å². The Hall–Kier alpha value is -2.94. The molecule has 2 aliphatic heterocycles. The van der Waals surface area contributed by atoms with E-state index in [4.69, 9.17) is 15.0 Å². The van der Waals surface area contributed by atoms with Gasteiger partial charge in [0, 0.05) is 20.0 Å². The van der Waals surface area contributed by atoms with E-state index in [-0.39, 0.29) is 54.1 Å². The van der Waals surface area contributed by atoms with Gasteiger partial charge in [0.15, 0.2) is 5.03 Å². The van der Waals surface area contributed by atoms with Crippen molar-refractivity contribution in [3.8, 4) is 0 Å². The van der Waals surface area contributed by atoms with E-state index < -0.39 is 35.8 Å². The molecule has 3 amide bonds. The maximum atomic E-state index is 13.8. The minimum Gasteiger partial charge on any atom is -0.404 e. The van der Waals surface area contributed by atoms with Gasteiger partial charge < -0.3 is 30.6 Å². The molecule has 5 N–H and O–H groups in total. The number of nitrogens with zero attached hydrogens (tertiary/aromatic N) is 3. The molecule has 5 rings (SSSR count). The quantitative estimate of drug-likeness (QED) is 0.0631. The van der Waals surface area contributed by atoms with Crippen LogP contribution in [0.2, 0.25) is 0 Å². The van der Waals surface area contributed by atoms with Gasteiger partial charge in [-0.25, -0.2) is 15.1 Å². The van der Waals surface area contributed by atoms with Gasteiger partial charge in [-0.15, -0.1) is 0 Å². The van der Waals surface area contributed by atoms with E-state index in [1.165, 1.54) is 11.8 Å². The minimum absolute atomic E-state index is 0.0348. The molecule has 0 aromatic carbocycles. The number of hydrazine groups is 1. The van der Waals surface area contributed by atoms with Crippen LogP contribution in [0.3, 0.4) is 0 Å². The van der Waals surface area contributed by atoms with Gasteiger partial charge in [-0.3, -0.25) is 14.4 Å². The molecule has 0 aromatic heterocycles. The third-order valence-corrected chi connectivity index (χ3v) is 10.1. The molecule has 3 aliphatic carbocycles. The Morgan fingerprint density at radius 2 is 1.93 bits per heavy atom. The summed E-state index contributed by atoms with van der Waals surface area (Å²) in [6, 6.07) is -1.57. The zero-order valence-electron chi connectivity index (χ0n) is 26.3. The van der Waals surface area contributed by atoms with Gasteiger partial charge in [-0.05, 0) is 75.0 Å². The Bertz CT molecular complexity index is 1120. The Morgan fingerprint density at radius 1 is 1.21 bits per heavy atom. The van der Waals surface area contributed by atoms with Crippen LogP contribution in [0.25, 0.3) is 0 Å². The largest absolute Gasteiger partial charge is 0.481 e. The van der Waals surface area contributed by atoms with Crippen molar-refractivity contribution in [1.29, 1.82) is 0 Å². The Morgan fingerprint density at radius 3 is 2.56 bits per heavy atom. The normalized spacial score (nSPS) is 30.7. The molecule has 240 valence electrons. The lowest BCUT2D eigenvalue weighted by Crippen LogP contribution is -2.65. The first-order chi connectivity index (χ1) is 20.1. The van der Waals surface area contributed by atoms with Crippen molar-refractivity contribution in [2.45, 2.75) is 116 Å². The maximum absolute atomic E-state index is 13.8. The number of hydrogen-bond donors (Lipinski definition) is 4. The summed E-state index contributed by atoms with van der Waals surface area (Å²) in [6.07, 6.45) is 4.39. The number of guanidine groups is 1. The summed E-state index contributed by atoms with van der Waals surface area (Å²) in [7, 11) is -0.617. The Labute approximate surface area is 253 Å². The number of nitrogens with one attached hydrogen (secondary N) is 3. The summed E-state index contributed by atoms with van der Waals surface area (Å²) >= 11 is 0. The molecule has 3 saturated carbocycles. The topological polar surface area (TPSA) is 191 Å². The van der Waals surface area contributed by atoms with Crippen LogP contribution in [-0.4, -0.2) is 83.6 Å². The first-order valence-electron chi connectivity index (χ1n) is 15.6. The SMILES string of the molecule is CC(=O)N1CCC[C@H]1C(=O)N[C@@H](CCCN=C(N)N[N+](=O)[O-])C(=O)N[C@@H](CC(C)C)B1O[C@@H]2C[C@H]3C[C@H](C3(C)C)[C@]2(C)O1. The second-order valence-corrected chi connectivity index (χ2v) is 13.8. The van der Waals surface area contributed by atoms with Crippen molar-refractivity contribution >= 4 is 30.8 Å². The molecule has 2 heterocycles. The molecule has 0 unspecified atom stereocenters. The average molecular weight is 606 g/mol. The van der Waals surface area contributed by atoms with Crippen LogP contribution < -0.4 is 21.8 Å². The van der Waals surface area contributed by atoms with Gasteiger partial charge in [0.05, 0.1) is 17.6 Å². The third kappa shape index (κ3) is 7.08. The zero-order valence-corrected chi connectivity index (χ0v) is 26.3. The smallest absolute Gasteiger partial charge is 0.404 e. The number of carbonyl (C=O) groups excluding carboxylic acids is 3. The van der Waals surface area contributed by atoms with Gasteiger partial charge in [0.25, 0.3) is 5.96 Å². The third-order valence-electron chi connectivity index (χ3n) is 10.1. The number of nitrogens with two attached hydrogens (primary N) is 1. The molecule has 0 spiro atoms. The zero-order chi connectivity index (χ0) is 31.7. The molecule has 43 heavy (non-hydrogen) atoms. The van der Waals surface area contributed by atoms with Gasteiger partial charge in [0.2, 0.25) is 17.7 Å². The summed E-state index contributed by atoms with van der Waals surface area (Å²) in [6.45, 7) is 12.9. The average Bonchev–Trinajstić information content (AvgIpc) is 3.53. The fourth-order valence-corrected chi connectivity index (χ4v) is 7.68. The monoisotopic (exact) mass is 605 g/mol. The molecule has 2 bridgehead atoms. The van der Waals surface area contributed by atoms with Crippen LogP contribution in [0.1, 0.15) is 86.5 Å². The predicted octanol–water partition coefficient (Wildman–Crippen LogP) is 1.16. The number of rotatable bonds is 12. The molecule has 15 heteroatoms. The summed E-state index contributed by atoms with van der Waals surface area (Å²) in [5, 5.41) is 15.8. The standard InChI is InChI=1S/C28H48BN7O7/c1-16(2)13-23(29-42-22-15-18-14-21(27(18,4)5)28(22,6)43-29)33-24(38)19(9-7-11-31-26(30)34-36(40)41)32-25(39)20-10-8-12-35(20)17(3)37/h16,18-23H,7-15H2,1-6H3,(H,32,39)(H,33,38)(H3,30,31,34)/t18-,19+,20+,21-,22-,23+,28+/m1/s1. The van der Waals surface area contributed by atoms with E-state index in [1.807, 2.05) is 0 Å². The van der Waals surface area contributed by atoms with Crippen LogP contribution in [0.5, 0.6) is 0 Å². The molecule has 2 saturated heterocycles. The van der Waals surface area contributed by atoms with Gasteiger partial charge in [-0.2, -0.15) is 0 Å². The predicted molar refractivity (Wildman–Crippen MR) is 160 cm³/mol. The molecule has 0 aromatic rings. The fourth-order valence-electron chi connectivity index (χ4n) is 7.68. The van der Waals surface area contributed by atoms with Gasteiger partial charge in [0.1, 0.15) is 12.1 Å². The Kier molecular flexibility index (Phi) is 9.94. The lowest BCUT2D eigenvalue weighted by Gasteiger charge is -2.64. The van der Waals surface area contributed by atoms with Crippen molar-refractivity contribution < 1.29 is 28.7 Å². The highest BCUT2D eigenvalue weighted by Crippen LogP contribution is 2.65. The highest BCUT2D eigenvalue weighted by molar-refractivity contribution is 6.48. The number of likely N-dealkylation sites (tertiary alicyclic amines) is 1. The van der Waals surface area contributed by atoms with Crippen molar-refractivity contribution in [3.05, 3.63) is 10.1 Å². The summed E-state index contributed by atoms with van der Waals surface area (Å²) in [5.41, 5.74) is 7.06. The van der Waals surface area contributed by atoms with E-state index in [2.05, 4.69) is 50.2 Å². The van der Waals surface area contributed by atoms with Gasteiger partial charge in [-0.1, -0.05) is 33.1 Å². The highest BCUT2D eigenvalue weighted by Gasteiger charge is 2.68. The summed E-state index contributed by atoms with van der Waals surface area (Å²) in [4.78, 5) is 55.2. The van der Waals surface area contributed by atoms with Crippen LogP contribution >= 0.6 is 0 Å². The first kappa shape index (κ1) is 33.0. The fraction of sp³-hybridized carbons (Fsp3) is 0.857. The second-order valence-electron chi connectivity index (χ2n) is 13.8. The van der Waals surface area contributed by atoms with E-state index >= 15 is 0 Å². The molecule has 5 aliphatic rings.